The summed E-state index contributed by atoms with van der Waals surface area (Å²) in [5, 5.41) is 19.2. The number of hydrogen-bond donors (Lipinski definition) is 2. The van der Waals surface area contributed by atoms with Crippen molar-refractivity contribution in [1.29, 1.82) is 0 Å². The van der Waals surface area contributed by atoms with Crippen LogP contribution in [0.2, 0.25) is 0 Å². The quantitative estimate of drug-likeness (QED) is 0.532. The second-order valence-electron chi connectivity index (χ2n) is 4.89. The molecule has 0 fully saturated rings. The first-order valence-corrected chi connectivity index (χ1v) is 7.21. The largest absolute Gasteiger partial charge is 0.396 e. The Morgan fingerprint density at radius 2 is 1.74 bits per heavy atom. The van der Waals surface area contributed by atoms with Crippen molar-refractivity contribution in [3.05, 3.63) is 35.9 Å². The van der Waals surface area contributed by atoms with Crippen molar-refractivity contribution < 1.29 is 14.9 Å². The summed E-state index contributed by atoms with van der Waals surface area (Å²) in [7, 11) is 0. The lowest BCUT2D eigenvalue weighted by atomic mass is 10.0. The Kier molecular flexibility index (Phi) is 7.06. The molecule has 0 aliphatic rings. The van der Waals surface area contributed by atoms with E-state index in [0.717, 1.165) is 24.8 Å². The van der Waals surface area contributed by atoms with Crippen molar-refractivity contribution >= 4 is 0 Å². The lowest BCUT2D eigenvalue weighted by Gasteiger charge is -2.31. The van der Waals surface area contributed by atoms with E-state index in [0.29, 0.717) is 12.8 Å². The minimum absolute atomic E-state index is 0.113. The molecule has 2 N–H and O–H groups in total. The Balaban J connectivity index is 2.75. The summed E-state index contributed by atoms with van der Waals surface area (Å²) in [5.74, 6) is -1.06. The Morgan fingerprint density at radius 3 is 2.26 bits per heavy atom. The first-order valence-electron chi connectivity index (χ1n) is 7.21. The molecule has 19 heavy (non-hydrogen) atoms. The fraction of sp³-hybridized carbons (Fsp3) is 0.625. The molecule has 3 nitrogen and oxygen atoms in total. The second kappa shape index (κ2) is 8.31. The van der Waals surface area contributed by atoms with Crippen LogP contribution in [0.3, 0.4) is 0 Å². The van der Waals surface area contributed by atoms with Gasteiger partial charge in [0.05, 0.1) is 6.10 Å². The van der Waals surface area contributed by atoms with E-state index >= 15 is 0 Å². The van der Waals surface area contributed by atoms with Crippen molar-refractivity contribution in [3.63, 3.8) is 0 Å². The average molecular weight is 266 g/mol. The maximum Gasteiger partial charge on any atom is 0.165 e. The lowest BCUT2D eigenvalue weighted by molar-refractivity contribution is -0.236. The zero-order valence-electron chi connectivity index (χ0n) is 12.0. The van der Waals surface area contributed by atoms with Crippen molar-refractivity contribution in [2.75, 3.05) is 6.61 Å². The molecule has 0 aliphatic carbocycles. The Bertz CT molecular complexity index is 333. The van der Waals surface area contributed by atoms with Crippen LogP contribution in [-0.4, -0.2) is 22.6 Å². The summed E-state index contributed by atoms with van der Waals surface area (Å²) in [4.78, 5) is 0. The van der Waals surface area contributed by atoms with Gasteiger partial charge < -0.3 is 14.9 Å². The van der Waals surface area contributed by atoms with Crippen molar-refractivity contribution in [2.45, 2.75) is 57.8 Å². The van der Waals surface area contributed by atoms with E-state index < -0.39 is 5.79 Å². The van der Waals surface area contributed by atoms with Gasteiger partial charge in [0.15, 0.2) is 5.79 Å². The molecule has 0 bridgehead atoms. The first kappa shape index (κ1) is 16.2. The van der Waals surface area contributed by atoms with Crippen LogP contribution >= 0.6 is 0 Å². The van der Waals surface area contributed by atoms with Crippen LogP contribution in [0.15, 0.2) is 30.3 Å². The molecule has 0 saturated heterocycles. The topological polar surface area (TPSA) is 49.7 Å². The molecule has 0 amide bonds. The molecule has 1 rings (SSSR count). The summed E-state index contributed by atoms with van der Waals surface area (Å²) in [5.41, 5.74) is 1.08. The predicted octanol–water partition coefficient (Wildman–Crippen LogP) is 3.42. The minimum atomic E-state index is -1.06. The van der Waals surface area contributed by atoms with Gasteiger partial charge in [-0.1, -0.05) is 44.2 Å². The van der Waals surface area contributed by atoms with Crippen LogP contribution in [0.1, 0.15) is 57.6 Å². The highest BCUT2D eigenvalue weighted by Gasteiger charge is 2.27. The van der Waals surface area contributed by atoms with Gasteiger partial charge in [0, 0.05) is 6.61 Å². The normalized spacial score (nSPS) is 13.5. The first-order chi connectivity index (χ1) is 9.15. The van der Waals surface area contributed by atoms with E-state index in [1.807, 2.05) is 44.2 Å². The smallest absolute Gasteiger partial charge is 0.165 e. The fourth-order valence-corrected chi connectivity index (χ4v) is 2.08. The molecule has 0 heterocycles. The third kappa shape index (κ3) is 5.31. The van der Waals surface area contributed by atoms with Crippen LogP contribution in [0, 0.1) is 0 Å². The van der Waals surface area contributed by atoms with E-state index in [2.05, 4.69) is 0 Å². The maximum atomic E-state index is 10.3. The van der Waals surface area contributed by atoms with Gasteiger partial charge in [0.2, 0.25) is 0 Å². The van der Waals surface area contributed by atoms with E-state index in [9.17, 15) is 5.11 Å². The summed E-state index contributed by atoms with van der Waals surface area (Å²) in [6.07, 6.45) is 3.51. The maximum absolute atomic E-state index is 10.3. The molecule has 0 spiro atoms. The zero-order chi connectivity index (χ0) is 14.1. The van der Waals surface area contributed by atoms with Crippen LogP contribution in [0.5, 0.6) is 0 Å². The van der Waals surface area contributed by atoms with Gasteiger partial charge in [-0.15, -0.1) is 0 Å². The summed E-state index contributed by atoms with van der Waals surface area (Å²) in [6, 6.07) is 9.98. The number of ether oxygens (including phenoxy) is 1. The van der Waals surface area contributed by atoms with Gasteiger partial charge >= 0.3 is 0 Å². The molecule has 0 radical (unpaired) electrons. The molecule has 1 atom stereocenters. The minimum Gasteiger partial charge on any atom is -0.396 e. The zero-order valence-corrected chi connectivity index (χ0v) is 12.0. The van der Waals surface area contributed by atoms with Crippen LogP contribution in [0.25, 0.3) is 0 Å². The van der Waals surface area contributed by atoms with Crippen molar-refractivity contribution in [1.82, 2.24) is 0 Å². The summed E-state index contributed by atoms with van der Waals surface area (Å²) >= 11 is 0. The number of rotatable bonds is 9. The highest BCUT2D eigenvalue weighted by atomic mass is 16.6. The second-order valence-corrected chi connectivity index (χ2v) is 4.89. The highest BCUT2D eigenvalue weighted by Crippen LogP contribution is 2.30. The van der Waals surface area contributed by atoms with E-state index in [4.69, 9.17) is 9.84 Å². The van der Waals surface area contributed by atoms with Gasteiger partial charge in [0.1, 0.15) is 0 Å². The fourth-order valence-electron chi connectivity index (χ4n) is 2.08. The molecular formula is C16H26O3. The van der Waals surface area contributed by atoms with E-state index in [1.54, 1.807) is 0 Å². The highest BCUT2D eigenvalue weighted by molar-refractivity contribution is 5.17. The third-order valence-corrected chi connectivity index (χ3v) is 3.51. The van der Waals surface area contributed by atoms with E-state index in [1.165, 1.54) is 0 Å². The predicted molar refractivity (Wildman–Crippen MR) is 76.7 cm³/mol. The van der Waals surface area contributed by atoms with E-state index in [-0.39, 0.29) is 12.7 Å². The van der Waals surface area contributed by atoms with Gasteiger partial charge in [0.25, 0.3) is 0 Å². The average Bonchev–Trinajstić information content (AvgIpc) is 2.47. The standard InChI is InChI=1S/C16H26O3/c1-3-16(18,4-2)19-15(12-8-9-13-17)14-10-6-5-7-11-14/h5-7,10-11,15,17-18H,3-4,8-9,12-13H2,1-2H3. The molecular weight excluding hydrogens is 240 g/mol. The Morgan fingerprint density at radius 1 is 1.11 bits per heavy atom. The molecule has 0 aromatic heterocycles. The van der Waals surface area contributed by atoms with Crippen LogP contribution in [0.4, 0.5) is 0 Å². The van der Waals surface area contributed by atoms with Gasteiger partial charge in [-0.2, -0.15) is 0 Å². The van der Waals surface area contributed by atoms with Gasteiger partial charge in [-0.3, -0.25) is 0 Å². The number of aliphatic hydroxyl groups excluding tert-OH is 1. The van der Waals surface area contributed by atoms with Crippen LogP contribution in [-0.2, 0) is 4.74 Å². The molecule has 3 heteroatoms. The Labute approximate surface area is 116 Å². The summed E-state index contributed by atoms with van der Waals surface area (Å²) < 4.78 is 5.94. The molecule has 108 valence electrons. The number of benzene rings is 1. The molecule has 1 aromatic rings. The van der Waals surface area contributed by atoms with Gasteiger partial charge in [-0.05, 0) is 37.7 Å². The third-order valence-electron chi connectivity index (χ3n) is 3.51. The van der Waals surface area contributed by atoms with Crippen molar-refractivity contribution in [3.8, 4) is 0 Å². The molecule has 0 saturated carbocycles. The Hall–Kier alpha value is -0.900. The lowest BCUT2D eigenvalue weighted by Crippen LogP contribution is -2.32. The summed E-state index contributed by atoms with van der Waals surface area (Å²) in [6.45, 7) is 4.06. The van der Waals surface area contributed by atoms with Crippen molar-refractivity contribution in [2.24, 2.45) is 0 Å². The molecule has 0 aliphatic heterocycles. The van der Waals surface area contributed by atoms with Crippen LogP contribution < -0.4 is 0 Å². The molecule has 1 unspecified atom stereocenters. The number of hydrogen-bond acceptors (Lipinski definition) is 3. The van der Waals surface area contributed by atoms with Gasteiger partial charge in [-0.25, -0.2) is 0 Å². The number of aliphatic hydroxyl groups is 2. The molecule has 1 aromatic carbocycles. The number of unbranched alkanes of at least 4 members (excludes halogenated alkanes) is 1. The SMILES string of the molecule is CCC(O)(CC)OC(CCCCO)c1ccccc1. The monoisotopic (exact) mass is 266 g/mol.